The van der Waals surface area contributed by atoms with E-state index >= 15 is 0 Å². The summed E-state index contributed by atoms with van der Waals surface area (Å²) in [6.45, 7) is 23.6. The summed E-state index contributed by atoms with van der Waals surface area (Å²) in [7, 11) is 0. The molecule has 18 nitrogen and oxygen atoms in total. The zero-order valence-electron chi connectivity index (χ0n) is 64.3. The van der Waals surface area contributed by atoms with Gasteiger partial charge in [0.15, 0.2) is 0 Å². The van der Waals surface area contributed by atoms with Crippen molar-refractivity contribution in [2.75, 3.05) is 55.2 Å². The molecule has 0 bridgehead atoms. The Balaban J connectivity index is 0.000000140. The number of aliphatic hydroxyl groups is 3. The van der Waals surface area contributed by atoms with Crippen molar-refractivity contribution >= 4 is 50.9 Å². The first-order valence-corrected chi connectivity index (χ1v) is 41.2. The molecule has 3 aromatic carbocycles. The molecule has 0 spiro atoms. The van der Waals surface area contributed by atoms with Gasteiger partial charge in [0.2, 0.25) is 17.8 Å². The Morgan fingerprint density at radius 1 is 0.352 bits per heavy atom. The molecule has 1 unspecified atom stereocenters. The van der Waals surface area contributed by atoms with Gasteiger partial charge < -0.3 is 45.0 Å². The quantitative estimate of drug-likeness (QED) is 0.0334. The lowest BCUT2D eigenvalue weighted by atomic mass is 9.93. The molecule has 6 aromatic heterocycles. The van der Waals surface area contributed by atoms with Crippen molar-refractivity contribution in [3.8, 4) is 33.4 Å². The van der Waals surface area contributed by atoms with Crippen molar-refractivity contribution in [3.63, 3.8) is 0 Å². The zero-order valence-corrected chi connectivity index (χ0v) is 64.3. The Bertz CT molecular complexity index is 3700. The summed E-state index contributed by atoms with van der Waals surface area (Å²) in [5.41, 5.74) is 14.4. The van der Waals surface area contributed by atoms with E-state index in [4.69, 9.17) is 29.9 Å². The zero-order chi connectivity index (χ0) is 72.6. The van der Waals surface area contributed by atoms with Crippen molar-refractivity contribution < 1.29 is 15.3 Å². The molecule has 6 N–H and O–H groups in total. The summed E-state index contributed by atoms with van der Waals surface area (Å²) in [4.78, 5) is 36.8. The van der Waals surface area contributed by atoms with Crippen LogP contribution in [0.1, 0.15) is 250 Å². The normalized spacial score (nSPS) is 22.4. The smallest absolute Gasteiger partial charge is 0.224 e. The summed E-state index contributed by atoms with van der Waals surface area (Å²) >= 11 is 0. The van der Waals surface area contributed by atoms with E-state index in [-0.39, 0.29) is 18.3 Å². The SMILES string of the molecule is CCCC(C)Nc1ncc2c(-c3ccc(CN4CCCCC4)cc3)cn(C3CCC(O)CC3)c2n1.CCC[C@@H](C)Nc1ncc2c(-c3ccc(CN4CCCCC4)cc3)cn(C3CCC(O)CC3)c2n1.CCC[C@H](C)Nc1ncc2c(-c3ccc(CN4CCCCC4)cc3)cn(C3CCC(O)CC3)c2n1. The molecule has 6 aliphatic rings. The van der Waals surface area contributed by atoms with Crippen LogP contribution in [0.5, 0.6) is 0 Å². The number of rotatable bonds is 24. The highest BCUT2D eigenvalue weighted by molar-refractivity contribution is 5.96. The molecule has 6 fully saturated rings. The molecule has 3 atom stereocenters. The van der Waals surface area contributed by atoms with Crippen LogP contribution >= 0.6 is 0 Å². The van der Waals surface area contributed by atoms with Gasteiger partial charge in [-0.2, -0.15) is 15.0 Å². The van der Waals surface area contributed by atoms with Crippen molar-refractivity contribution in [1.82, 2.24) is 58.3 Å². The van der Waals surface area contributed by atoms with Gasteiger partial charge in [0.05, 0.1) is 18.3 Å². The van der Waals surface area contributed by atoms with Crippen LogP contribution < -0.4 is 16.0 Å². The maximum Gasteiger partial charge on any atom is 0.224 e. The lowest BCUT2D eigenvalue weighted by Crippen LogP contribution is -2.28. The number of piperidine rings is 3. The molecular weight excluding hydrogens is 1300 g/mol. The fraction of sp³-hybridized carbons (Fsp3) is 0.586. The van der Waals surface area contributed by atoms with Gasteiger partial charge >= 0.3 is 0 Å². The minimum atomic E-state index is -0.165. The van der Waals surface area contributed by atoms with E-state index in [1.54, 1.807) is 0 Å². The Kier molecular flexibility index (Phi) is 26.7. The van der Waals surface area contributed by atoms with E-state index < -0.39 is 0 Å². The van der Waals surface area contributed by atoms with Gasteiger partial charge in [-0.1, -0.05) is 132 Å². The summed E-state index contributed by atoms with van der Waals surface area (Å²) in [5, 5.41) is 44.0. The van der Waals surface area contributed by atoms with Gasteiger partial charge in [0.25, 0.3) is 0 Å². The van der Waals surface area contributed by atoms with Crippen LogP contribution in [0, 0.1) is 0 Å². The highest BCUT2D eigenvalue weighted by Crippen LogP contribution is 2.41. The third kappa shape index (κ3) is 19.9. The van der Waals surface area contributed by atoms with Gasteiger partial charge in [0, 0.05) is 126 Å². The van der Waals surface area contributed by atoms with Crippen molar-refractivity contribution in [3.05, 3.63) is 127 Å². The molecule has 0 amide bonds. The van der Waals surface area contributed by atoms with Gasteiger partial charge in [-0.05, 0) is 228 Å². The average molecular weight is 1430 g/mol. The standard InChI is InChI=1S/3C29H41N5O/c3*1-3-7-21(2)31-29-30-18-26-27(20-34(28(26)32-29)24-12-14-25(35)15-13-24)23-10-8-22(9-11-23)19-33-16-5-4-6-17-33/h3*8-11,18,20-21,24-25,35H,3-7,12-17,19H2,1-2H3,(H,30,31,32)/t2*21-,24?,25?;/m10./s1. The first-order valence-electron chi connectivity index (χ1n) is 41.2. The van der Waals surface area contributed by atoms with E-state index in [0.29, 0.717) is 54.1 Å². The lowest BCUT2D eigenvalue weighted by molar-refractivity contribution is 0.111. The highest BCUT2D eigenvalue weighted by Gasteiger charge is 2.29. The minimum Gasteiger partial charge on any atom is -0.393 e. The number of aliphatic hydroxyl groups excluding tert-OH is 3. The topological polar surface area (TPSA) is 199 Å². The molecule has 9 heterocycles. The maximum absolute atomic E-state index is 10.1. The van der Waals surface area contributed by atoms with Gasteiger partial charge in [-0.25, -0.2) is 15.0 Å². The molecule has 3 saturated carbocycles. The molecule has 564 valence electrons. The van der Waals surface area contributed by atoms with Crippen LogP contribution in [0.4, 0.5) is 17.8 Å². The van der Waals surface area contributed by atoms with E-state index in [9.17, 15) is 15.3 Å². The Hall–Kier alpha value is -7.32. The van der Waals surface area contributed by atoms with Crippen LogP contribution in [0.3, 0.4) is 0 Å². The molecule has 3 saturated heterocycles. The van der Waals surface area contributed by atoms with E-state index in [1.807, 2.05) is 18.6 Å². The summed E-state index contributed by atoms with van der Waals surface area (Å²) < 4.78 is 7.07. The number of hydrogen-bond acceptors (Lipinski definition) is 15. The first kappa shape index (κ1) is 75.9. The second-order valence-corrected chi connectivity index (χ2v) is 32.1. The fourth-order valence-electron chi connectivity index (χ4n) is 17.5. The predicted molar refractivity (Wildman–Crippen MR) is 431 cm³/mol. The number of anilines is 3. The Labute approximate surface area is 625 Å². The molecule has 18 heteroatoms. The van der Waals surface area contributed by atoms with E-state index in [0.717, 1.165) is 168 Å². The minimum absolute atomic E-state index is 0.165. The van der Waals surface area contributed by atoms with Crippen molar-refractivity contribution in [2.24, 2.45) is 0 Å². The molecule has 105 heavy (non-hydrogen) atoms. The number of nitrogens with zero attached hydrogens (tertiary/aromatic N) is 12. The number of hydrogen-bond donors (Lipinski definition) is 6. The third-order valence-corrected chi connectivity index (χ3v) is 23.5. The Morgan fingerprint density at radius 3 is 0.838 bits per heavy atom. The van der Waals surface area contributed by atoms with E-state index in [1.165, 1.54) is 147 Å². The monoisotopic (exact) mass is 1430 g/mol. The fourth-order valence-corrected chi connectivity index (χ4v) is 17.5. The summed E-state index contributed by atoms with van der Waals surface area (Å²) in [6, 6.07) is 29.4. The Morgan fingerprint density at radius 2 is 0.600 bits per heavy atom. The highest BCUT2D eigenvalue weighted by atomic mass is 16.3. The summed E-state index contributed by atoms with van der Waals surface area (Å²) in [5.74, 6) is 2.12. The van der Waals surface area contributed by atoms with Crippen LogP contribution in [-0.4, -0.2) is 149 Å². The van der Waals surface area contributed by atoms with Gasteiger partial charge in [0.1, 0.15) is 16.9 Å². The van der Waals surface area contributed by atoms with Crippen molar-refractivity contribution in [1.29, 1.82) is 0 Å². The molecular formula is C87H123N15O3. The van der Waals surface area contributed by atoms with Crippen LogP contribution in [0.2, 0.25) is 0 Å². The maximum atomic E-state index is 10.1. The largest absolute Gasteiger partial charge is 0.393 e. The molecule has 9 aromatic rings. The molecule has 3 aliphatic carbocycles. The number of fused-ring (bicyclic) bond motifs is 3. The van der Waals surface area contributed by atoms with Gasteiger partial charge in [-0.15, -0.1) is 0 Å². The number of benzene rings is 3. The summed E-state index contributed by atoms with van der Waals surface area (Å²) in [6.07, 6.45) is 42.1. The van der Waals surface area contributed by atoms with Crippen LogP contribution in [0.25, 0.3) is 66.5 Å². The second-order valence-electron chi connectivity index (χ2n) is 32.1. The number of aromatic nitrogens is 9. The predicted octanol–water partition coefficient (Wildman–Crippen LogP) is 18.5. The van der Waals surface area contributed by atoms with Gasteiger partial charge in [-0.3, -0.25) is 14.7 Å². The third-order valence-electron chi connectivity index (χ3n) is 23.5. The average Bonchev–Trinajstić information content (AvgIpc) is 1.64. The molecule has 15 rings (SSSR count). The van der Waals surface area contributed by atoms with Crippen molar-refractivity contribution in [2.45, 2.75) is 289 Å². The molecule has 3 aliphatic heterocycles. The van der Waals surface area contributed by atoms with E-state index in [2.05, 4.69) is 177 Å². The van der Waals surface area contributed by atoms with Crippen LogP contribution in [-0.2, 0) is 19.6 Å². The second kappa shape index (κ2) is 37.0. The number of nitrogens with one attached hydrogen (secondary N) is 3. The first-order chi connectivity index (χ1) is 51.3. The number of likely N-dealkylation sites (tertiary alicyclic amines) is 3. The molecule has 0 radical (unpaired) electrons. The van der Waals surface area contributed by atoms with Crippen LogP contribution in [0.15, 0.2) is 110 Å². The lowest BCUT2D eigenvalue weighted by Gasteiger charge is -2.27.